The molecule has 9 nitrogen and oxygen atoms in total. The Morgan fingerprint density at radius 1 is 1.30 bits per heavy atom. The van der Waals surface area contributed by atoms with E-state index >= 15 is 0 Å². The fourth-order valence-electron chi connectivity index (χ4n) is 3.91. The molecule has 1 aliphatic heterocycles. The number of carbonyl (C=O) groups excluding carboxylic acids is 1. The van der Waals surface area contributed by atoms with E-state index in [9.17, 15) is 15.0 Å². The zero-order valence-electron chi connectivity index (χ0n) is 16.1. The minimum atomic E-state index is -1.28. The van der Waals surface area contributed by atoms with Crippen LogP contribution in [0.1, 0.15) is 40.5 Å². The number of rotatable bonds is 8. The van der Waals surface area contributed by atoms with Gasteiger partial charge in [0, 0.05) is 12.3 Å². The van der Waals surface area contributed by atoms with Crippen LogP contribution in [-0.4, -0.2) is 76.1 Å². The van der Waals surface area contributed by atoms with E-state index in [2.05, 4.69) is 5.32 Å². The van der Waals surface area contributed by atoms with Gasteiger partial charge in [0.25, 0.3) is 0 Å². The predicted octanol–water partition coefficient (Wildman–Crippen LogP) is -0.181. The SMILES string of the molecule is CC(=O)NC1C(OCC23CC2(OC(C)(C)C)C3)OC(COPO)C(O)C1O. The van der Waals surface area contributed by atoms with Crippen molar-refractivity contribution in [1.82, 2.24) is 5.32 Å². The lowest BCUT2D eigenvalue weighted by Crippen LogP contribution is -2.64. The van der Waals surface area contributed by atoms with Crippen LogP contribution in [0.5, 0.6) is 0 Å². The number of amides is 1. The van der Waals surface area contributed by atoms with E-state index in [1.54, 1.807) is 0 Å². The lowest BCUT2D eigenvalue weighted by Gasteiger charge is -2.42. The number of ether oxygens (including phenoxy) is 3. The molecule has 0 aromatic carbocycles. The van der Waals surface area contributed by atoms with Crippen molar-refractivity contribution >= 4 is 14.9 Å². The first kappa shape index (κ1) is 21.3. The standard InChI is InChI=1S/C17H30NO8P/c1-9(19)18-11-13(21)12(20)10(5-24-27-22)25-14(11)23-8-16-6-17(16,7-16)26-15(2,3)4/h10-14,20-22,27H,5-8H2,1-4H3,(H,18,19). The Kier molecular flexibility index (Phi) is 5.90. The normalized spacial score (nSPS) is 43.6. The van der Waals surface area contributed by atoms with Gasteiger partial charge in [0.05, 0.1) is 24.4 Å². The van der Waals surface area contributed by atoms with Gasteiger partial charge in [0.2, 0.25) is 5.91 Å². The summed E-state index contributed by atoms with van der Waals surface area (Å²) in [7, 11) is -0.755. The van der Waals surface area contributed by atoms with Crippen molar-refractivity contribution in [2.45, 2.75) is 82.4 Å². The molecule has 27 heavy (non-hydrogen) atoms. The Bertz CT molecular complexity index is 562. The van der Waals surface area contributed by atoms with Crippen molar-refractivity contribution in [3.63, 3.8) is 0 Å². The van der Waals surface area contributed by atoms with Crippen molar-refractivity contribution in [3.05, 3.63) is 0 Å². The van der Waals surface area contributed by atoms with Crippen LogP contribution in [0.4, 0.5) is 0 Å². The molecule has 1 amide bonds. The smallest absolute Gasteiger partial charge is 0.217 e. The van der Waals surface area contributed by atoms with Crippen molar-refractivity contribution in [1.29, 1.82) is 0 Å². The largest absolute Gasteiger partial charge is 0.388 e. The number of nitrogens with one attached hydrogen (secondary N) is 1. The van der Waals surface area contributed by atoms with Gasteiger partial charge in [-0.15, -0.1) is 0 Å². The number of hydrogen-bond donors (Lipinski definition) is 4. The highest BCUT2D eigenvalue weighted by atomic mass is 31.1. The first-order valence-electron chi connectivity index (χ1n) is 9.14. The summed E-state index contributed by atoms with van der Waals surface area (Å²) in [6.07, 6.45) is -2.54. The predicted molar refractivity (Wildman–Crippen MR) is 96.0 cm³/mol. The fourth-order valence-corrected chi connectivity index (χ4v) is 4.15. The lowest BCUT2D eigenvalue weighted by atomic mass is 9.97. The Labute approximate surface area is 160 Å². The third-order valence-corrected chi connectivity index (χ3v) is 5.67. The second-order valence-corrected chi connectivity index (χ2v) is 9.28. The molecule has 2 aliphatic carbocycles. The summed E-state index contributed by atoms with van der Waals surface area (Å²) in [5, 5.41) is 23.2. The zero-order valence-corrected chi connectivity index (χ0v) is 17.1. The van der Waals surface area contributed by atoms with Gasteiger partial charge in [-0.2, -0.15) is 0 Å². The van der Waals surface area contributed by atoms with Crippen LogP contribution < -0.4 is 5.32 Å². The Morgan fingerprint density at radius 3 is 2.52 bits per heavy atom. The quantitative estimate of drug-likeness (QED) is 0.408. The average molecular weight is 407 g/mol. The van der Waals surface area contributed by atoms with E-state index in [1.807, 2.05) is 20.8 Å². The van der Waals surface area contributed by atoms with E-state index in [-0.39, 0.29) is 29.1 Å². The second kappa shape index (κ2) is 7.46. The molecule has 3 aliphatic rings. The van der Waals surface area contributed by atoms with Crippen LogP contribution in [-0.2, 0) is 23.5 Å². The molecule has 2 saturated carbocycles. The van der Waals surface area contributed by atoms with Gasteiger partial charge in [0.1, 0.15) is 24.4 Å². The Hall–Kier alpha value is -0.380. The molecule has 1 heterocycles. The van der Waals surface area contributed by atoms with Crippen molar-refractivity contribution < 1.29 is 38.6 Å². The van der Waals surface area contributed by atoms with E-state index in [4.69, 9.17) is 23.6 Å². The molecule has 3 rings (SSSR count). The van der Waals surface area contributed by atoms with Gasteiger partial charge in [-0.25, -0.2) is 0 Å². The lowest BCUT2D eigenvalue weighted by molar-refractivity contribution is -0.271. The van der Waals surface area contributed by atoms with Crippen LogP contribution in [0.2, 0.25) is 0 Å². The number of hydrogen-bond acceptors (Lipinski definition) is 8. The fraction of sp³-hybridized carbons (Fsp3) is 0.941. The first-order chi connectivity index (χ1) is 12.5. The van der Waals surface area contributed by atoms with Gasteiger partial charge < -0.3 is 39.2 Å². The number of carbonyl (C=O) groups is 1. The molecule has 156 valence electrons. The molecule has 0 radical (unpaired) electrons. The highest BCUT2D eigenvalue weighted by Gasteiger charge is 2.85. The highest BCUT2D eigenvalue weighted by molar-refractivity contribution is 7.24. The van der Waals surface area contributed by atoms with Gasteiger partial charge in [-0.05, 0) is 33.6 Å². The molecule has 0 spiro atoms. The maximum atomic E-state index is 11.5. The minimum Gasteiger partial charge on any atom is -0.388 e. The third-order valence-electron chi connectivity index (χ3n) is 5.37. The molecule has 0 aromatic rings. The van der Waals surface area contributed by atoms with E-state index in [1.165, 1.54) is 6.92 Å². The maximum absolute atomic E-state index is 11.5. The van der Waals surface area contributed by atoms with Crippen LogP contribution in [0.25, 0.3) is 0 Å². The summed E-state index contributed by atoms with van der Waals surface area (Å²) in [4.78, 5) is 20.3. The monoisotopic (exact) mass is 407 g/mol. The number of aliphatic hydroxyl groups is 2. The summed E-state index contributed by atoms with van der Waals surface area (Å²) in [6, 6.07) is -0.905. The Balaban J connectivity index is 1.61. The van der Waals surface area contributed by atoms with E-state index in [0.717, 1.165) is 12.8 Å². The van der Waals surface area contributed by atoms with E-state index < -0.39 is 39.7 Å². The van der Waals surface area contributed by atoms with Gasteiger partial charge in [0.15, 0.2) is 15.3 Å². The Morgan fingerprint density at radius 2 is 1.96 bits per heavy atom. The average Bonchev–Trinajstić information content (AvgIpc) is 3.33. The minimum absolute atomic E-state index is 0.0378. The molecule has 0 bridgehead atoms. The van der Waals surface area contributed by atoms with Crippen molar-refractivity contribution in [3.8, 4) is 0 Å². The second-order valence-electron chi connectivity index (χ2n) is 8.81. The topological polar surface area (TPSA) is 127 Å². The molecular formula is C17H30NO8P. The molecule has 1 saturated heterocycles. The molecule has 6 unspecified atom stereocenters. The van der Waals surface area contributed by atoms with Crippen LogP contribution in [0.3, 0.4) is 0 Å². The van der Waals surface area contributed by atoms with E-state index in [0.29, 0.717) is 6.61 Å². The summed E-state index contributed by atoms with van der Waals surface area (Å²) >= 11 is 0. The molecular weight excluding hydrogens is 377 g/mol. The molecule has 10 heteroatoms. The number of fused-ring (bicyclic) bond motifs is 1. The van der Waals surface area contributed by atoms with Crippen LogP contribution >= 0.6 is 9.03 Å². The summed E-state index contributed by atoms with van der Waals surface area (Å²) in [5.41, 5.74) is -0.405. The molecule has 3 fully saturated rings. The van der Waals surface area contributed by atoms with Crippen LogP contribution in [0.15, 0.2) is 0 Å². The maximum Gasteiger partial charge on any atom is 0.217 e. The molecule has 0 aromatic heterocycles. The van der Waals surface area contributed by atoms with Crippen molar-refractivity contribution in [2.24, 2.45) is 5.41 Å². The van der Waals surface area contributed by atoms with Crippen LogP contribution in [0, 0.1) is 5.41 Å². The third kappa shape index (κ3) is 4.46. The van der Waals surface area contributed by atoms with Gasteiger partial charge >= 0.3 is 0 Å². The van der Waals surface area contributed by atoms with Crippen molar-refractivity contribution in [2.75, 3.05) is 13.2 Å². The van der Waals surface area contributed by atoms with Gasteiger partial charge in [-0.1, -0.05) is 0 Å². The summed E-state index contributed by atoms with van der Waals surface area (Å²) in [5.74, 6) is -0.364. The molecule has 6 atom stereocenters. The summed E-state index contributed by atoms with van der Waals surface area (Å²) in [6.45, 7) is 7.66. The van der Waals surface area contributed by atoms with Gasteiger partial charge in [-0.3, -0.25) is 4.79 Å². The highest BCUT2D eigenvalue weighted by Crippen LogP contribution is 2.81. The molecule has 4 N–H and O–H groups in total. The zero-order chi connectivity index (χ0) is 20.0. The first-order valence-corrected chi connectivity index (χ1v) is 9.99. The summed E-state index contributed by atoms with van der Waals surface area (Å²) < 4.78 is 22.7. The number of aliphatic hydroxyl groups excluding tert-OH is 2.